The van der Waals surface area contributed by atoms with Crippen LogP contribution in [0, 0.1) is 5.92 Å². The van der Waals surface area contributed by atoms with Gasteiger partial charge in [0.1, 0.15) is 0 Å². The van der Waals surface area contributed by atoms with Gasteiger partial charge in [0.15, 0.2) is 0 Å². The highest BCUT2D eigenvalue weighted by Crippen LogP contribution is 2.32. The topological polar surface area (TPSA) is 24.7 Å². The molecule has 0 spiro atoms. The summed E-state index contributed by atoms with van der Waals surface area (Å²) in [6.45, 7) is 4.54. The summed E-state index contributed by atoms with van der Waals surface area (Å²) in [6, 6.07) is 0. The number of azo groups is 1. The lowest BCUT2D eigenvalue weighted by molar-refractivity contribution is 0.277. The zero-order chi connectivity index (χ0) is 11.1. The largest absolute Gasteiger partial charge is 0.197 e. The molecule has 0 radical (unpaired) electrons. The van der Waals surface area contributed by atoms with Gasteiger partial charge in [-0.15, -0.1) is 0 Å². The van der Waals surface area contributed by atoms with Crippen LogP contribution in [0.4, 0.5) is 0 Å². The Balaban J connectivity index is 2.71. The molecule has 0 heterocycles. The SMILES string of the molecule is CN=NC1(C)CCCCC/C=C\CC1C. The average Bonchev–Trinajstić information content (AvgIpc) is 2.21. The molecule has 2 unspecified atom stereocenters. The lowest BCUT2D eigenvalue weighted by atomic mass is 9.80. The molecule has 0 aromatic heterocycles. The fourth-order valence-electron chi connectivity index (χ4n) is 2.22. The number of nitrogens with zero attached hydrogens (tertiary/aromatic N) is 2. The van der Waals surface area contributed by atoms with E-state index in [9.17, 15) is 0 Å². The molecule has 0 bridgehead atoms. The molecule has 1 rings (SSSR count). The second kappa shape index (κ2) is 6.04. The summed E-state index contributed by atoms with van der Waals surface area (Å²) in [6.07, 6.45) is 12.1. The van der Waals surface area contributed by atoms with Crippen LogP contribution in [-0.4, -0.2) is 12.6 Å². The summed E-state index contributed by atoms with van der Waals surface area (Å²) in [4.78, 5) is 0. The van der Waals surface area contributed by atoms with Crippen LogP contribution < -0.4 is 0 Å². The molecule has 15 heavy (non-hydrogen) atoms. The van der Waals surface area contributed by atoms with Gasteiger partial charge in [0.05, 0.1) is 5.54 Å². The van der Waals surface area contributed by atoms with E-state index in [1.165, 1.54) is 32.1 Å². The Morgan fingerprint density at radius 3 is 2.73 bits per heavy atom. The van der Waals surface area contributed by atoms with Gasteiger partial charge in [0.25, 0.3) is 0 Å². The van der Waals surface area contributed by atoms with Gasteiger partial charge in [-0.05, 0) is 38.5 Å². The molecule has 0 saturated carbocycles. The molecule has 0 saturated heterocycles. The molecule has 0 aliphatic heterocycles. The first-order chi connectivity index (χ1) is 7.19. The van der Waals surface area contributed by atoms with Gasteiger partial charge in [-0.2, -0.15) is 10.2 Å². The first-order valence-corrected chi connectivity index (χ1v) is 6.15. The third-order valence-electron chi connectivity index (χ3n) is 3.60. The average molecular weight is 208 g/mol. The standard InChI is InChI=1S/C13H24N2/c1-12-10-8-6-4-5-7-9-11-13(12,2)15-14-3/h6,8,12H,4-5,7,9-11H2,1-3H3/b8-6-,15-14?. The van der Waals surface area contributed by atoms with Crippen LogP contribution in [0.15, 0.2) is 22.4 Å². The van der Waals surface area contributed by atoms with Crippen molar-refractivity contribution >= 4 is 0 Å². The van der Waals surface area contributed by atoms with Crippen LogP contribution in [0.5, 0.6) is 0 Å². The molecule has 1 aliphatic carbocycles. The molecule has 1 aliphatic rings. The Kier molecular flexibility index (Phi) is 5.00. The van der Waals surface area contributed by atoms with Crippen molar-refractivity contribution in [1.82, 2.24) is 0 Å². The summed E-state index contributed by atoms with van der Waals surface area (Å²) in [5.74, 6) is 0.593. The summed E-state index contributed by atoms with van der Waals surface area (Å²) in [5.41, 5.74) is 0.0520. The Bertz CT molecular complexity index is 233. The van der Waals surface area contributed by atoms with Crippen LogP contribution in [0.25, 0.3) is 0 Å². The molecule has 2 heteroatoms. The molecule has 0 aromatic rings. The summed E-state index contributed by atoms with van der Waals surface area (Å²) in [5, 5.41) is 8.47. The highest BCUT2D eigenvalue weighted by Gasteiger charge is 2.29. The Hall–Kier alpha value is -0.660. The maximum absolute atomic E-state index is 4.46. The predicted molar refractivity (Wildman–Crippen MR) is 65.2 cm³/mol. The molecular formula is C13H24N2. The van der Waals surface area contributed by atoms with Gasteiger partial charge in [-0.3, -0.25) is 0 Å². The quantitative estimate of drug-likeness (QED) is 0.451. The van der Waals surface area contributed by atoms with E-state index in [4.69, 9.17) is 0 Å². The van der Waals surface area contributed by atoms with Crippen molar-refractivity contribution < 1.29 is 0 Å². The highest BCUT2D eigenvalue weighted by atomic mass is 15.1. The molecule has 2 atom stereocenters. The van der Waals surface area contributed by atoms with Crippen molar-refractivity contribution in [2.75, 3.05) is 7.05 Å². The third kappa shape index (κ3) is 3.77. The lowest BCUT2D eigenvalue weighted by Crippen LogP contribution is -2.30. The third-order valence-corrected chi connectivity index (χ3v) is 3.60. The molecular weight excluding hydrogens is 184 g/mol. The van der Waals surface area contributed by atoms with E-state index in [0.717, 1.165) is 6.42 Å². The smallest absolute Gasteiger partial charge is 0.0816 e. The minimum Gasteiger partial charge on any atom is -0.197 e. The number of rotatable bonds is 1. The predicted octanol–water partition coefficient (Wildman–Crippen LogP) is 4.37. The molecule has 2 nitrogen and oxygen atoms in total. The monoisotopic (exact) mass is 208 g/mol. The van der Waals surface area contributed by atoms with Gasteiger partial charge in [0.2, 0.25) is 0 Å². The van der Waals surface area contributed by atoms with E-state index in [0.29, 0.717) is 5.92 Å². The van der Waals surface area contributed by atoms with Gasteiger partial charge < -0.3 is 0 Å². The minimum atomic E-state index is 0.0520. The highest BCUT2D eigenvalue weighted by molar-refractivity contribution is 4.94. The first kappa shape index (κ1) is 12.4. The zero-order valence-corrected chi connectivity index (χ0v) is 10.4. The minimum absolute atomic E-state index is 0.0520. The van der Waals surface area contributed by atoms with Crippen molar-refractivity contribution in [3.8, 4) is 0 Å². The lowest BCUT2D eigenvalue weighted by Gasteiger charge is -2.30. The Morgan fingerprint density at radius 1 is 1.20 bits per heavy atom. The maximum Gasteiger partial charge on any atom is 0.0816 e. The van der Waals surface area contributed by atoms with Crippen molar-refractivity contribution in [1.29, 1.82) is 0 Å². The maximum atomic E-state index is 4.46. The van der Waals surface area contributed by atoms with E-state index in [-0.39, 0.29) is 5.54 Å². The second-order valence-corrected chi connectivity index (χ2v) is 4.86. The van der Waals surface area contributed by atoms with Crippen LogP contribution in [0.3, 0.4) is 0 Å². The van der Waals surface area contributed by atoms with Crippen molar-refractivity contribution in [2.45, 2.75) is 57.9 Å². The van der Waals surface area contributed by atoms with E-state index >= 15 is 0 Å². The van der Waals surface area contributed by atoms with E-state index in [2.05, 4.69) is 36.2 Å². The fraction of sp³-hybridized carbons (Fsp3) is 0.846. The van der Waals surface area contributed by atoms with Crippen molar-refractivity contribution in [3.63, 3.8) is 0 Å². The number of allylic oxidation sites excluding steroid dienone is 2. The van der Waals surface area contributed by atoms with E-state index in [1.54, 1.807) is 7.05 Å². The van der Waals surface area contributed by atoms with Crippen LogP contribution in [0.1, 0.15) is 52.4 Å². The van der Waals surface area contributed by atoms with Crippen molar-refractivity contribution in [2.24, 2.45) is 16.1 Å². The molecule has 86 valence electrons. The molecule has 0 amide bonds. The van der Waals surface area contributed by atoms with E-state index in [1.807, 2.05) is 0 Å². The van der Waals surface area contributed by atoms with Crippen LogP contribution in [-0.2, 0) is 0 Å². The second-order valence-electron chi connectivity index (χ2n) is 4.86. The van der Waals surface area contributed by atoms with Crippen LogP contribution >= 0.6 is 0 Å². The molecule has 0 aromatic carbocycles. The first-order valence-electron chi connectivity index (χ1n) is 6.15. The van der Waals surface area contributed by atoms with E-state index < -0.39 is 0 Å². The zero-order valence-electron chi connectivity index (χ0n) is 10.4. The molecule has 0 fully saturated rings. The molecule has 0 N–H and O–H groups in total. The van der Waals surface area contributed by atoms with Crippen molar-refractivity contribution in [3.05, 3.63) is 12.2 Å². The van der Waals surface area contributed by atoms with Gasteiger partial charge in [-0.25, -0.2) is 0 Å². The number of hydrogen-bond donors (Lipinski definition) is 0. The normalized spacial score (nSPS) is 36.6. The summed E-state index contributed by atoms with van der Waals surface area (Å²) in [7, 11) is 1.78. The van der Waals surface area contributed by atoms with Crippen LogP contribution in [0.2, 0.25) is 0 Å². The van der Waals surface area contributed by atoms with Gasteiger partial charge in [0, 0.05) is 7.05 Å². The fourth-order valence-corrected chi connectivity index (χ4v) is 2.22. The Morgan fingerprint density at radius 2 is 2.00 bits per heavy atom. The van der Waals surface area contributed by atoms with Gasteiger partial charge in [-0.1, -0.05) is 31.9 Å². The Labute approximate surface area is 93.9 Å². The number of hydrogen-bond acceptors (Lipinski definition) is 2. The summed E-state index contributed by atoms with van der Waals surface area (Å²) < 4.78 is 0. The summed E-state index contributed by atoms with van der Waals surface area (Å²) >= 11 is 0. The van der Waals surface area contributed by atoms with Gasteiger partial charge >= 0.3 is 0 Å².